The van der Waals surface area contributed by atoms with E-state index in [2.05, 4.69) is 10.9 Å². The maximum atomic E-state index is 13.1. The van der Waals surface area contributed by atoms with E-state index < -0.39 is 17.6 Å². The highest BCUT2D eigenvalue weighted by Gasteiger charge is 2.19. The Kier molecular flexibility index (Phi) is 8.09. The number of halogens is 2. The van der Waals surface area contributed by atoms with Gasteiger partial charge in [0.2, 0.25) is 5.75 Å². The Hall–Kier alpha value is -3.00. The van der Waals surface area contributed by atoms with Gasteiger partial charge < -0.3 is 14.2 Å². The van der Waals surface area contributed by atoms with Crippen molar-refractivity contribution in [1.82, 2.24) is 10.9 Å². The number of nitrogens with one attached hydrogen (secondary N) is 2. The fourth-order valence-corrected chi connectivity index (χ4v) is 2.70. The van der Waals surface area contributed by atoms with Gasteiger partial charge in [-0.2, -0.15) is 0 Å². The maximum absolute atomic E-state index is 13.1. The van der Waals surface area contributed by atoms with Crippen LogP contribution in [0.1, 0.15) is 41.5 Å². The van der Waals surface area contributed by atoms with Crippen LogP contribution in [0.25, 0.3) is 0 Å². The van der Waals surface area contributed by atoms with E-state index in [0.717, 1.165) is 12.1 Å². The predicted octanol–water partition coefficient (Wildman–Crippen LogP) is 3.75. The highest BCUT2D eigenvalue weighted by Crippen LogP contribution is 2.39. The molecule has 0 fully saturated rings. The molecule has 0 atom stereocenters. The maximum Gasteiger partial charge on any atom is 0.271 e. The molecule has 0 aromatic heterocycles. The Labute approximate surface area is 173 Å². The Morgan fingerprint density at radius 2 is 1.45 bits per heavy atom. The Morgan fingerprint density at radius 1 is 0.897 bits per heavy atom. The predicted molar refractivity (Wildman–Crippen MR) is 106 cm³/mol. The lowest BCUT2D eigenvalue weighted by Crippen LogP contribution is -2.41. The van der Waals surface area contributed by atoms with Gasteiger partial charge in [0.05, 0.1) is 30.4 Å². The van der Waals surface area contributed by atoms with E-state index in [-0.39, 0.29) is 16.1 Å². The largest absolute Gasteiger partial charge is 0.490 e. The van der Waals surface area contributed by atoms with E-state index in [0.29, 0.717) is 37.1 Å². The average Bonchev–Trinajstić information content (AvgIpc) is 2.68. The van der Waals surface area contributed by atoms with Crippen molar-refractivity contribution in [2.45, 2.75) is 20.8 Å². The lowest BCUT2D eigenvalue weighted by Gasteiger charge is -2.17. The molecule has 0 aliphatic carbocycles. The first-order valence-corrected chi connectivity index (χ1v) is 9.41. The summed E-state index contributed by atoms with van der Waals surface area (Å²) in [5, 5.41) is -0.0740. The summed E-state index contributed by atoms with van der Waals surface area (Å²) in [4.78, 5) is 24.7. The molecule has 0 radical (unpaired) electrons. The second-order valence-corrected chi connectivity index (χ2v) is 6.04. The van der Waals surface area contributed by atoms with Gasteiger partial charge in [-0.25, -0.2) is 4.39 Å². The summed E-state index contributed by atoms with van der Waals surface area (Å²) in [6.07, 6.45) is 0. The molecule has 2 rings (SSSR count). The molecule has 2 N–H and O–H groups in total. The van der Waals surface area contributed by atoms with Gasteiger partial charge >= 0.3 is 0 Å². The quantitative estimate of drug-likeness (QED) is 0.630. The molecule has 0 aliphatic heterocycles. The summed E-state index contributed by atoms with van der Waals surface area (Å²) in [7, 11) is 0. The second kappa shape index (κ2) is 10.5. The molecule has 7 nitrogen and oxygen atoms in total. The molecule has 0 unspecified atom stereocenters. The number of ether oxygens (including phenoxy) is 3. The summed E-state index contributed by atoms with van der Waals surface area (Å²) in [5.74, 6) is -0.783. The van der Waals surface area contributed by atoms with Gasteiger partial charge in [0.15, 0.2) is 11.5 Å². The molecule has 29 heavy (non-hydrogen) atoms. The molecule has 0 saturated carbocycles. The van der Waals surface area contributed by atoms with E-state index in [9.17, 15) is 14.0 Å². The summed E-state index contributed by atoms with van der Waals surface area (Å²) < 4.78 is 29.8. The molecular formula is C20H22ClFN2O5. The lowest BCUT2D eigenvalue weighted by molar-refractivity contribution is 0.0846. The third-order valence-corrected chi connectivity index (χ3v) is 3.95. The minimum Gasteiger partial charge on any atom is -0.490 e. The van der Waals surface area contributed by atoms with Crippen molar-refractivity contribution < 1.29 is 28.2 Å². The van der Waals surface area contributed by atoms with Gasteiger partial charge in [-0.3, -0.25) is 20.4 Å². The van der Waals surface area contributed by atoms with Crippen molar-refractivity contribution in [3.63, 3.8) is 0 Å². The van der Waals surface area contributed by atoms with Crippen LogP contribution in [0, 0.1) is 5.82 Å². The first-order valence-electron chi connectivity index (χ1n) is 9.03. The number of hydrazine groups is 1. The molecule has 0 spiro atoms. The van der Waals surface area contributed by atoms with E-state index in [1.54, 1.807) is 13.8 Å². The van der Waals surface area contributed by atoms with E-state index in [1.165, 1.54) is 18.2 Å². The zero-order valence-corrected chi connectivity index (χ0v) is 17.1. The smallest absolute Gasteiger partial charge is 0.271 e. The normalized spacial score (nSPS) is 10.2. The van der Waals surface area contributed by atoms with Crippen LogP contribution in [0.15, 0.2) is 30.3 Å². The van der Waals surface area contributed by atoms with Crippen LogP contribution in [-0.4, -0.2) is 31.6 Å². The average molecular weight is 425 g/mol. The van der Waals surface area contributed by atoms with Crippen LogP contribution in [0.3, 0.4) is 0 Å². The number of amides is 2. The molecule has 0 bridgehead atoms. The van der Waals surface area contributed by atoms with Gasteiger partial charge in [0.25, 0.3) is 11.8 Å². The number of hydrogen-bond donors (Lipinski definition) is 2. The molecule has 0 heterocycles. The highest BCUT2D eigenvalue weighted by molar-refractivity contribution is 6.33. The molecule has 9 heteroatoms. The number of hydrogen-bond acceptors (Lipinski definition) is 5. The minimum absolute atomic E-state index is 0.0186. The summed E-state index contributed by atoms with van der Waals surface area (Å²) in [6, 6.07) is 6.30. The van der Waals surface area contributed by atoms with Crippen LogP contribution < -0.4 is 25.1 Å². The Morgan fingerprint density at radius 3 is 1.97 bits per heavy atom. The lowest BCUT2D eigenvalue weighted by atomic mass is 10.1. The van der Waals surface area contributed by atoms with Crippen LogP contribution >= 0.6 is 11.6 Å². The molecular weight excluding hydrogens is 403 g/mol. The van der Waals surface area contributed by atoms with E-state index >= 15 is 0 Å². The fraction of sp³-hybridized carbons (Fsp3) is 0.300. The van der Waals surface area contributed by atoms with Gasteiger partial charge in [-0.1, -0.05) is 11.6 Å². The van der Waals surface area contributed by atoms with Crippen LogP contribution in [0.2, 0.25) is 5.02 Å². The summed E-state index contributed by atoms with van der Waals surface area (Å²) >= 11 is 5.85. The Bertz CT molecular complexity index is 864. The van der Waals surface area contributed by atoms with Crippen molar-refractivity contribution in [3.8, 4) is 17.2 Å². The molecule has 2 aromatic carbocycles. The van der Waals surface area contributed by atoms with Crippen molar-refractivity contribution >= 4 is 23.4 Å². The van der Waals surface area contributed by atoms with Crippen LogP contribution in [0.5, 0.6) is 17.2 Å². The molecule has 156 valence electrons. The van der Waals surface area contributed by atoms with Crippen molar-refractivity contribution in [3.05, 3.63) is 52.3 Å². The van der Waals surface area contributed by atoms with Crippen molar-refractivity contribution in [1.29, 1.82) is 0 Å². The molecule has 0 saturated heterocycles. The zero-order valence-electron chi connectivity index (χ0n) is 16.3. The van der Waals surface area contributed by atoms with Crippen LogP contribution in [-0.2, 0) is 0 Å². The molecule has 2 aromatic rings. The van der Waals surface area contributed by atoms with Crippen LogP contribution in [0.4, 0.5) is 4.39 Å². The fourth-order valence-electron chi connectivity index (χ4n) is 2.45. The third-order valence-electron chi connectivity index (χ3n) is 3.64. The minimum atomic E-state index is -0.690. The van der Waals surface area contributed by atoms with E-state index in [1.807, 2.05) is 6.92 Å². The summed E-state index contributed by atoms with van der Waals surface area (Å²) in [6.45, 7) is 6.53. The zero-order chi connectivity index (χ0) is 21.4. The Balaban J connectivity index is 2.21. The number of carbonyl (C=O) groups excluding carboxylic acids is 2. The van der Waals surface area contributed by atoms with Crippen molar-refractivity contribution in [2.24, 2.45) is 0 Å². The molecule has 0 aliphatic rings. The number of rotatable bonds is 8. The number of carbonyl (C=O) groups is 2. The standard InChI is InChI=1S/C20H22ClFN2O5/c1-4-27-16-9-12(10-17(28-5-2)18(16)29-6-3)19(25)23-24-20(26)14-8-7-13(22)11-15(14)21/h7-11H,4-6H2,1-3H3,(H,23,25)(H,24,26). The topological polar surface area (TPSA) is 85.9 Å². The SMILES string of the molecule is CCOc1cc(C(=O)NNC(=O)c2ccc(F)cc2Cl)cc(OCC)c1OCC. The van der Waals surface area contributed by atoms with Gasteiger partial charge in [0.1, 0.15) is 5.82 Å². The second-order valence-electron chi connectivity index (χ2n) is 5.63. The first kappa shape index (κ1) is 22.3. The third kappa shape index (κ3) is 5.74. The van der Waals surface area contributed by atoms with Gasteiger partial charge in [0, 0.05) is 5.56 Å². The summed E-state index contributed by atoms with van der Waals surface area (Å²) in [5.41, 5.74) is 4.73. The van der Waals surface area contributed by atoms with Gasteiger partial charge in [-0.15, -0.1) is 0 Å². The van der Waals surface area contributed by atoms with E-state index in [4.69, 9.17) is 25.8 Å². The number of benzene rings is 2. The highest BCUT2D eigenvalue weighted by atomic mass is 35.5. The van der Waals surface area contributed by atoms with Crippen molar-refractivity contribution in [2.75, 3.05) is 19.8 Å². The monoisotopic (exact) mass is 424 g/mol. The van der Waals surface area contributed by atoms with Gasteiger partial charge in [-0.05, 0) is 51.1 Å². The molecule has 2 amide bonds. The first-order chi connectivity index (χ1) is 13.9.